The molecular weight excluding hydrogens is 398 g/mol. The van der Waals surface area contributed by atoms with Crippen LogP contribution in [0, 0.1) is 0 Å². The monoisotopic (exact) mass is 419 g/mol. The summed E-state index contributed by atoms with van der Waals surface area (Å²) in [5.41, 5.74) is 8.11. The zero-order valence-corrected chi connectivity index (χ0v) is 17.0. The Hall–Kier alpha value is -4.27. The van der Waals surface area contributed by atoms with Crippen molar-refractivity contribution in [2.24, 2.45) is 5.73 Å². The van der Waals surface area contributed by atoms with E-state index in [0.717, 1.165) is 16.7 Å². The summed E-state index contributed by atoms with van der Waals surface area (Å²) in [7, 11) is 3.20. The minimum absolute atomic E-state index is 0.0564. The van der Waals surface area contributed by atoms with Gasteiger partial charge in [-0.2, -0.15) is 0 Å². The predicted molar refractivity (Wildman–Crippen MR) is 116 cm³/mol. The zero-order valence-electron chi connectivity index (χ0n) is 17.0. The third-order valence-electron chi connectivity index (χ3n) is 4.45. The van der Waals surface area contributed by atoms with Gasteiger partial charge in [0.1, 0.15) is 23.0 Å². The van der Waals surface area contributed by atoms with E-state index in [4.69, 9.17) is 19.9 Å². The lowest BCUT2D eigenvalue weighted by Crippen LogP contribution is -2.14. The first kappa shape index (κ1) is 20.0. The molecule has 4 N–H and O–H groups in total. The fraction of sp³-hybridized carbons (Fsp3) is 0.136. The number of imidazole rings is 1. The number of amides is 1. The topological polar surface area (TPSA) is 124 Å². The molecule has 2 heterocycles. The molecule has 0 unspecified atom stereocenters. The number of carbonyl (C=O) groups is 1. The second-order valence-electron chi connectivity index (χ2n) is 6.72. The number of methoxy groups -OCH3 is 2. The van der Waals surface area contributed by atoms with Gasteiger partial charge in [0.05, 0.1) is 37.4 Å². The normalized spacial score (nSPS) is 10.6. The lowest BCUT2D eigenvalue weighted by atomic mass is 10.2. The van der Waals surface area contributed by atoms with Crippen LogP contribution < -0.4 is 25.3 Å². The SMILES string of the molecule is COc1cc(Nc2nc3ccc(Oc4ccnc(CC(N)=O)c4)cc3[nH]2)cc(OC)c1. The molecule has 1 amide bonds. The molecule has 9 nitrogen and oxygen atoms in total. The van der Waals surface area contributed by atoms with Crippen LogP contribution in [0.15, 0.2) is 54.7 Å². The van der Waals surface area contributed by atoms with Gasteiger partial charge in [-0.25, -0.2) is 4.98 Å². The van der Waals surface area contributed by atoms with Crippen molar-refractivity contribution in [1.82, 2.24) is 15.0 Å². The molecule has 0 radical (unpaired) electrons. The molecule has 0 fully saturated rings. The predicted octanol–water partition coefficient (Wildman–Crippen LogP) is 3.54. The highest BCUT2D eigenvalue weighted by Gasteiger charge is 2.09. The molecule has 0 aliphatic heterocycles. The smallest absolute Gasteiger partial charge is 0.223 e. The van der Waals surface area contributed by atoms with E-state index >= 15 is 0 Å². The van der Waals surface area contributed by atoms with Crippen molar-refractivity contribution in [3.63, 3.8) is 0 Å². The molecule has 0 spiro atoms. The Morgan fingerprint density at radius 1 is 1.00 bits per heavy atom. The molecule has 0 aliphatic carbocycles. The van der Waals surface area contributed by atoms with Crippen molar-refractivity contribution >= 4 is 28.6 Å². The van der Waals surface area contributed by atoms with E-state index in [2.05, 4.69) is 20.3 Å². The zero-order chi connectivity index (χ0) is 21.8. The number of aromatic amines is 1. The molecule has 31 heavy (non-hydrogen) atoms. The summed E-state index contributed by atoms with van der Waals surface area (Å²) in [4.78, 5) is 23.0. The van der Waals surface area contributed by atoms with E-state index in [1.807, 2.05) is 30.3 Å². The number of rotatable bonds is 8. The molecule has 0 bridgehead atoms. The largest absolute Gasteiger partial charge is 0.497 e. The third kappa shape index (κ3) is 4.84. The van der Waals surface area contributed by atoms with E-state index in [9.17, 15) is 4.79 Å². The Balaban J connectivity index is 1.54. The van der Waals surface area contributed by atoms with Gasteiger partial charge in [-0.1, -0.05) is 0 Å². The van der Waals surface area contributed by atoms with Crippen LogP contribution in [0.25, 0.3) is 11.0 Å². The van der Waals surface area contributed by atoms with Gasteiger partial charge < -0.3 is 30.2 Å². The molecule has 2 aromatic heterocycles. The number of nitrogens with zero attached hydrogens (tertiary/aromatic N) is 2. The lowest BCUT2D eigenvalue weighted by molar-refractivity contribution is -0.117. The first-order valence-corrected chi connectivity index (χ1v) is 9.43. The minimum atomic E-state index is -0.447. The first-order valence-electron chi connectivity index (χ1n) is 9.43. The summed E-state index contributed by atoms with van der Waals surface area (Å²) in [5, 5.41) is 3.22. The fourth-order valence-electron chi connectivity index (χ4n) is 3.06. The van der Waals surface area contributed by atoms with Crippen LogP contribution in [-0.4, -0.2) is 35.1 Å². The van der Waals surface area contributed by atoms with Crippen LogP contribution in [0.3, 0.4) is 0 Å². The summed E-state index contributed by atoms with van der Waals surface area (Å²) >= 11 is 0. The number of nitrogens with one attached hydrogen (secondary N) is 2. The van der Waals surface area contributed by atoms with Gasteiger partial charge >= 0.3 is 0 Å². The Bertz CT molecular complexity index is 1220. The van der Waals surface area contributed by atoms with E-state index in [0.29, 0.717) is 34.6 Å². The summed E-state index contributed by atoms with van der Waals surface area (Å²) in [6, 6.07) is 14.4. The maximum Gasteiger partial charge on any atom is 0.223 e. The highest BCUT2D eigenvalue weighted by molar-refractivity contribution is 5.80. The summed E-state index contributed by atoms with van der Waals surface area (Å²) in [6.45, 7) is 0. The van der Waals surface area contributed by atoms with Gasteiger partial charge in [0.15, 0.2) is 0 Å². The van der Waals surface area contributed by atoms with E-state index < -0.39 is 5.91 Å². The van der Waals surface area contributed by atoms with Gasteiger partial charge in [-0.15, -0.1) is 0 Å². The maximum absolute atomic E-state index is 11.1. The number of primary amides is 1. The molecule has 4 aromatic rings. The molecular formula is C22H21N5O4. The van der Waals surface area contributed by atoms with Crippen LogP contribution >= 0.6 is 0 Å². The average molecular weight is 419 g/mol. The van der Waals surface area contributed by atoms with Crippen molar-refractivity contribution in [3.8, 4) is 23.0 Å². The van der Waals surface area contributed by atoms with Gasteiger partial charge in [0.2, 0.25) is 11.9 Å². The Morgan fingerprint density at radius 2 is 1.74 bits per heavy atom. The standard InChI is InChI=1S/C22H21N5O4/c1-29-17-8-14(9-18(11-17)30-2)25-22-26-19-4-3-15(12-20(19)27-22)31-16-5-6-24-13(7-16)10-21(23)28/h3-9,11-12H,10H2,1-2H3,(H2,23,28)(H2,25,26,27). The van der Waals surface area contributed by atoms with Crippen LogP contribution in [0.4, 0.5) is 11.6 Å². The minimum Gasteiger partial charge on any atom is -0.497 e. The Labute approximate surface area is 178 Å². The lowest BCUT2D eigenvalue weighted by Gasteiger charge is -2.08. The van der Waals surface area contributed by atoms with E-state index in [-0.39, 0.29) is 6.42 Å². The number of ether oxygens (including phenoxy) is 3. The molecule has 158 valence electrons. The van der Waals surface area contributed by atoms with Gasteiger partial charge in [-0.05, 0) is 18.2 Å². The van der Waals surface area contributed by atoms with Crippen LogP contribution in [-0.2, 0) is 11.2 Å². The summed E-state index contributed by atoms with van der Waals surface area (Å²) in [5.74, 6) is 2.63. The van der Waals surface area contributed by atoms with Crippen molar-refractivity contribution in [2.45, 2.75) is 6.42 Å². The van der Waals surface area contributed by atoms with Crippen molar-refractivity contribution < 1.29 is 19.0 Å². The second-order valence-corrected chi connectivity index (χ2v) is 6.72. The number of carbonyl (C=O) groups excluding carboxylic acids is 1. The number of H-pyrrole nitrogens is 1. The van der Waals surface area contributed by atoms with E-state index in [1.165, 1.54) is 0 Å². The fourth-order valence-corrected chi connectivity index (χ4v) is 3.06. The van der Waals surface area contributed by atoms with Gasteiger partial charge in [0, 0.05) is 42.2 Å². The average Bonchev–Trinajstić information content (AvgIpc) is 3.14. The molecule has 9 heteroatoms. The Morgan fingerprint density at radius 3 is 2.45 bits per heavy atom. The highest BCUT2D eigenvalue weighted by atomic mass is 16.5. The molecule has 0 saturated carbocycles. The quantitative estimate of drug-likeness (QED) is 0.399. The van der Waals surface area contributed by atoms with Gasteiger partial charge in [-0.3, -0.25) is 9.78 Å². The molecule has 0 aliphatic rings. The van der Waals surface area contributed by atoms with Crippen molar-refractivity contribution in [3.05, 3.63) is 60.4 Å². The number of anilines is 2. The number of nitrogens with two attached hydrogens (primary N) is 1. The molecule has 0 saturated heterocycles. The van der Waals surface area contributed by atoms with Crippen LogP contribution in [0.2, 0.25) is 0 Å². The number of fused-ring (bicyclic) bond motifs is 1. The van der Waals surface area contributed by atoms with E-state index in [1.54, 1.807) is 38.6 Å². The molecule has 2 aromatic carbocycles. The number of aromatic nitrogens is 3. The summed E-state index contributed by atoms with van der Waals surface area (Å²) < 4.78 is 16.5. The maximum atomic E-state index is 11.1. The summed E-state index contributed by atoms with van der Waals surface area (Å²) in [6.07, 6.45) is 1.63. The number of pyridine rings is 1. The highest BCUT2D eigenvalue weighted by Crippen LogP contribution is 2.29. The van der Waals surface area contributed by atoms with Crippen LogP contribution in [0.5, 0.6) is 23.0 Å². The Kier molecular flexibility index (Phi) is 5.57. The number of benzene rings is 2. The van der Waals surface area contributed by atoms with Crippen LogP contribution in [0.1, 0.15) is 5.69 Å². The van der Waals surface area contributed by atoms with Crippen molar-refractivity contribution in [2.75, 3.05) is 19.5 Å². The number of hydrogen-bond donors (Lipinski definition) is 3. The molecule has 0 atom stereocenters. The second kappa shape index (κ2) is 8.62. The third-order valence-corrected chi connectivity index (χ3v) is 4.45. The molecule has 4 rings (SSSR count). The van der Waals surface area contributed by atoms with Crippen molar-refractivity contribution in [1.29, 1.82) is 0 Å². The number of hydrogen-bond acceptors (Lipinski definition) is 7. The first-order chi connectivity index (χ1) is 15.0. The van der Waals surface area contributed by atoms with Gasteiger partial charge in [0.25, 0.3) is 0 Å².